The Morgan fingerprint density at radius 1 is 1.29 bits per heavy atom. The van der Waals surface area contributed by atoms with Crippen LogP contribution in [0.15, 0.2) is 46.5 Å². The van der Waals surface area contributed by atoms with Crippen molar-refractivity contribution in [1.82, 2.24) is 14.5 Å². The first-order valence-electron chi connectivity index (χ1n) is 7.06. The van der Waals surface area contributed by atoms with Crippen LogP contribution in [0.25, 0.3) is 11.0 Å². The molecule has 0 radical (unpaired) electrons. The molecule has 0 aliphatic carbocycles. The number of halogens is 1. The SMILES string of the molecule is COOSc1ncc2cc(Cc3ccccc3F)c(=O)n(C)c2n1. The van der Waals surface area contributed by atoms with E-state index < -0.39 is 0 Å². The van der Waals surface area contributed by atoms with Crippen molar-refractivity contribution in [2.75, 3.05) is 7.11 Å². The molecule has 3 rings (SSSR count). The van der Waals surface area contributed by atoms with Crippen LogP contribution in [0.5, 0.6) is 0 Å². The molecule has 2 aromatic heterocycles. The van der Waals surface area contributed by atoms with E-state index in [0.717, 1.165) is 12.0 Å². The molecule has 0 atom stereocenters. The van der Waals surface area contributed by atoms with Crippen molar-refractivity contribution in [1.29, 1.82) is 0 Å². The van der Waals surface area contributed by atoms with Crippen molar-refractivity contribution in [3.63, 3.8) is 0 Å². The molecule has 0 amide bonds. The summed E-state index contributed by atoms with van der Waals surface area (Å²) in [5.41, 5.74) is 1.19. The standard InChI is InChI=1S/C16H14FN3O3S/c1-20-14-12(9-18-16(19-14)24-23-22-2)8-11(15(20)21)7-10-5-3-4-6-13(10)17/h3-6,8-9H,7H2,1-2H3. The van der Waals surface area contributed by atoms with E-state index in [0.29, 0.717) is 27.3 Å². The fraction of sp³-hybridized carbons (Fsp3) is 0.188. The maximum Gasteiger partial charge on any atom is 0.255 e. The number of benzene rings is 1. The maximum atomic E-state index is 13.8. The quantitative estimate of drug-likeness (QED) is 0.306. The predicted octanol–water partition coefficient (Wildman–Crippen LogP) is 2.64. The second kappa shape index (κ2) is 7.08. The summed E-state index contributed by atoms with van der Waals surface area (Å²) in [5.74, 6) is -0.334. The Labute approximate surface area is 141 Å². The van der Waals surface area contributed by atoms with Gasteiger partial charge >= 0.3 is 0 Å². The van der Waals surface area contributed by atoms with E-state index in [4.69, 9.17) is 4.33 Å². The van der Waals surface area contributed by atoms with Gasteiger partial charge < -0.3 is 0 Å². The van der Waals surface area contributed by atoms with Gasteiger partial charge in [0.05, 0.1) is 7.11 Å². The van der Waals surface area contributed by atoms with Crippen molar-refractivity contribution in [3.8, 4) is 0 Å². The van der Waals surface area contributed by atoms with Crippen LogP contribution in [0.3, 0.4) is 0 Å². The first-order valence-corrected chi connectivity index (χ1v) is 7.80. The van der Waals surface area contributed by atoms with Gasteiger partial charge in [0.2, 0.25) is 5.16 Å². The number of hydrogen-bond acceptors (Lipinski definition) is 6. The molecule has 8 heteroatoms. The molecule has 24 heavy (non-hydrogen) atoms. The lowest BCUT2D eigenvalue weighted by molar-refractivity contribution is -0.160. The molecule has 3 aromatic rings. The molecule has 0 bridgehead atoms. The van der Waals surface area contributed by atoms with Crippen molar-refractivity contribution < 1.29 is 13.6 Å². The Bertz CT molecular complexity index is 945. The number of hydrogen-bond donors (Lipinski definition) is 0. The minimum Gasteiger partial charge on any atom is -0.295 e. The molecular weight excluding hydrogens is 333 g/mol. The topological polar surface area (TPSA) is 66.2 Å². The van der Waals surface area contributed by atoms with Gasteiger partial charge in [-0.3, -0.25) is 9.36 Å². The van der Waals surface area contributed by atoms with Gasteiger partial charge in [-0.2, -0.15) is 4.33 Å². The molecule has 0 aliphatic heterocycles. The number of fused-ring (bicyclic) bond motifs is 1. The highest BCUT2D eigenvalue weighted by molar-refractivity contribution is 7.94. The van der Waals surface area contributed by atoms with Crippen molar-refractivity contribution in [3.05, 3.63) is 63.8 Å². The van der Waals surface area contributed by atoms with E-state index in [1.54, 1.807) is 37.5 Å². The maximum absolute atomic E-state index is 13.8. The third-order valence-electron chi connectivity index (χ3n) is 3.52. The summed E-state index contributed by atoms with van der Waals surface area (Å²) in [5, 5.41) is 1.01. The highest BCUT2D eigenvalue weighted by Gasteiger charge is 2.12. The summed E-state index contributed by atoms with van der Waals surface area (Å²) in [7, 11) is 2.99. The molecule has 2 heterocycles. The van der Waals surface area contributed by atoms with Gasteiger partial charge in [0.15, 0.2) is 0 Å². The largest absolute Gasteiger partial charge is 0.295 e. The van der Waals surface area contributed by atoms with Gasteiger partial charge in [-0.25, -0.2) is 19.2 Å². The lowest BCUT2D eigenvalue weighted by Crippen LogP contribution is -2.22. The average molecular weight is 347 g/mol. The molecule has 0 fully saturated rings. The lowest BCUT2D eigenvalue weighted by Gasteiger charge is -2.09. The molecule has 0 aliphatic rings. The van der Waals surface area contributed by atoms with Crippen LogP contribution in [-0.4, -0.2) is 21.6 Å². The Balaban J connectivity index is 2.03. The van der Waals surface area contributed by atoms with E-state index in [1.807, 2.05) is 0 Å². The fourth-order valence-corrected chi connectivity index (χ4v) is 2.72. The molecule has 0 saturated carbocycles. The van der Waals surface area contributed by atoms with Crippen LogP contribution in [0.2, 0.25) is 0 Å². The van der Waals surface area contributed by atoms with E-state index >= 15 is 0 Å². The molecular formula is C16H14FN3O3S. The molecule has 124 valence electrons. The van der Waals surface area contributed by atoms with Crippen molar-refractivity contribution >= 4 is 23.1 Å². The number of rotatable bonds is 5. The summed E-state index contributed by atoms with van der Waals surface area (Å²) in [4.78, 5) is 25.4. The van der Waals surface area contributed by atoms with Crippen LogP contribution in [0, 0.1) is 5.82 Å². The second-order valence-electron chi connectivity index (χ2n) is 5.05. The molecule has 6 nitrogen and oxygen atoms in total. The highest BCUT2D eigenvalue weighted by Crippen LogP contribution is 2.19. The van der Waals surface area contributed by atoms with Crippen LogP contribution < -0.4 is 5.56 Å². The van der Waals surface area contributed by atoms with Crippen LogP contribution in [0.4, 0.5) is 4.39 Å². The fourth-order valence-electron chi connectivity index (χ4n) is 2.38. The Morgan fingerprint density at radius 2 is 2.08 bits per heavy atom. The molecule has 0 unspecified atom stereocenters. The predicted molar refractivity (Wildman–Crippen MR) is 87.9 cm³/mol. The zero-order valence-electron chi connectivity index (χ0n) is 13.0. The number of aryl methyl sites for hydroxylation is 1. The van der Waals surface area contributed by atoms with E-state index in [2.05, 4.69) is 14.9 Å². The summed E-state index contributed by atoms with van der Waals surface area (Å²) < 4.78 is 20.0. The Kier molecular flexibility index (Phi) is 4.89. The minimum absolute atomic E-state index is 0.207. The van der Waals surface area contributed by atoms with E-state index in [9.17, 15) is 9.18 Å². The number of nitrogens with zero attached hydrogens (tertiary/aromatic N) is 3. The summed E-state index contributed by atoms with van der Waals surface area (Å²) in [6.45, 7) is 0. The highest BCUT2D eigenvalue weighted by atomic mass is 32.2. The smallest absolute Gasteiger partial charge is 0.255 e. The van der Waals surface area contributed by atoms with Crippen molar-refractivity contribution in [2.24, 2.45) is 7.05 Å². The molecule has 0 saturated heterocycles. The van der Waals surface area contributed by atoms with Gasteiger partial charge in [-0.05, 0) is 17.7 Å². The monoisotopic (exact) mass is 347 g/mol. The molecule has 1 aromatic carbocycles. The van der Waals surface area contributed by atoms with Crippen LogP contribution >= 0.6 is 12.0 Å². The summed E-state index contributed by atoms with van der Waals surface area (Å²) in [6.07, 6.45) is 1.80. The normalized spacial score (nSPS) is 11.1. The Hall–Kier alpha value is -2.29. The molecule has 0 spiro atoms. The average Bonchev–Trinajstić information content (AvgIpc) is 2.59. The van der Waals surface area contributed by atoms with Gasteiger partial charge in [-0.1, -0.05) is 18.2 Å². The van der Waals surface area contributed by atoms with Gasteiger partial charge in [0.1, 0.15) is 23.5 Å². The first-order chi connectivity index (χ1) is 11.6. The van der Waals surface area contributed by atoms with E-state index in [-0.39, 0.29) is 17.8 Å². The first kappa shape index (κ1) is 16.6. The van der Waals surface area contributed by atoms with Gasteiger partial charge in [-0.15, -0.1) is 0 Å². The summed E-state index contributed by atoms with van der Waals surface area (Å²) in [6, 6.07) is 8.09. The Morgan fingerprint density at radius 3 is 2.83 bits per heavy atom. The zero-order chi connectivity index (χ0) is 17.1. The van der Waals surface area contributed by atoms with Gasteiger partial charge in [0, 0.05) is 30.6 Å². The van der Waals surface area contributed by atoms with Crippen LogP contribution in [-0.2, 0) is 22.7 Å². The lowest BCUT2D eigenvalue weighted by atomic mass is 10.0. The zero-order valence-corrected chi connectivity index (χ0v) is 13.8. The second-order valence-corrected chi connectivity index (χ2v) is 5.72. The number of aromatic nitrogens is 3. The van der Waals surface area contributed by atoms with Crippen molar-refractivity contribution in [2.45, 2.75) is 11.6 Å². The number of pyridine rings is 1. The minimum atomic E-state index is -0.334. The third kappa shape index (κ3) is 3.30. The third-order valence-corrected chi connectivity index (χ3v) is 4.07. The van der Waals surface area contributed by atoms with Gasteiger partial charge in [0.25, 0.3) is 5.56 Å². The van der Waals surface area contributed by atoms with E-state index in [1.165, 1.54) is 17.7 Å². The van der Waals surface area contributed by atoms with Crippen LogP contribution in [0.1, 0.15) is 11.1 Å². The summed E-state index contributed by atoms with van der Waals surface area (Å²) >= 11 is 0.849. The molecule has 0 N–H and O–H groups in total.